The van der Waals surface area contributed by atoms with E-state index in [-0.39, 0.29) is 24.8 Å². The number of methoxy groups -OCH3 is 1. The number of anilines is 1. The van der Waals surface area contributed by atoms with Crippen molar-refractivity contribution >= 4 is 29.1 Å². The van der Waals surface area contributed by atoms with E-state index in [1.54, 1.807) is 18.1 Å². The van der Waals surface area contributed by atoms with Crippen molar-refractivity contribution in [1.82, 2.24) is 4.90 Å². The van der Waals surface area contributed by atoms with Crippen molar-refractivity contribution in [3.63, 3.8) is 0 Å². The second-order valence-corrected chi connectivity index (χ2v) is 6.79. The lowest BCUT2D eigenvalue weighted by atomic mass is 9.89. The summed E-state index contributed by atoms with van der Waals surface area (Å²) in [5.74, 6) is -1.72. The highest BCUT2D eigenvalue weighted by Gasteiger charge is 2.34. The topological polar surface area (TPSA) is 58.6 Å². The maximum Gasteiger partial charge on any atom is 0.231 e. The summed E-state index contributed by atoms with van der Waals surface area (Å²) in [5, 5.41) is 3.25. The minimum atomic E-state index is -0.746. The van der Waals surface area contributed by atoms with Crippen molar-refractivity contribution in [2.24, 2.45) is 0 Å². The third-order valence-corrected chi connectivity index (χ3v) is 4.92. The summed E-state index contributed by atoms with van der Waals surface area (Å²) < 4.78 is 18.9. The number of carbonyl (C=O) groups excluding carboxylic acids is 2. The molecule has 0 aliphatic carbocycles. The van der Waals surface area contributed by atoms with Crippen LogP contribution in [0, 0.1) is 5.82 Å². The lowest BCUT2D eigenvalue weighted by Gasteiger charge is -2.31. The predicted octanol–water partition coefficient (Wildman–Crippen LogP) is 3.58. The van der Waals surface area contributed by atoms with Gasteiger partial charge in [0.15, 0.2) is 0 Å². The van der Waals surface area contributed by atoms with Crippen LogP contribution < -0.4 is 5.32 Å². The largest absolute Gasteiger partial charge is 0.383 e. The normalized spacial score (nSPS) is 15.8. The molecule has 0 aromatic heterocycles. The molecule has 142 valence electrons. The number of ether oxygens (including phenoxy) is 1. The molecule has 2 amide bonds. The summed E-state index contributed by atoms with van der Waals surface area (Å²) in [6.45, 7) is 0.957. The standard InChI is InChI=1S/C20H20ClFN2O3/c1-27-9-8-24(12-13-4-2-3-5-17(13)21)20(26)16-11-19(25)23-18-7-6-14(22)10-15(16)18/h2-7,10,16H,8-9,11-12H2,1H3,(H,23,25). The van der Waals surface area contributed by atoms with E-state index in [4.69, 9.17) is 16.3 Å². The van der Waals surface area contributed by atoms with Crippen LogP contribution in [0.5, 0.6) is 0 Å². The van der Waals surface area contributed by atoms with Gasteiger partial charge in [-0.15, -0.1) is 0 Å². The van der Waals surface area contributed by atoms with E-state index in [0.29, 0.717) is 29.4 Å². The zero-order valence-corrected chi connectivity index (χ0v) is 15.6. The van der Waals surface area contributed by atoms with Gasteiger partial charge in [0.25, 0.3) is 0 Å². The van der Waals surface area contributed by atoms with Crippen LogP contribution >= 0.6 is 11.6 Å². The zero-order chi connectivity index (χ0) is 19.4. The molecule has 0 spiro atoms. The van der Waals surface area contributed by atoms with Crippen molar-refractivity contribution in [3.05, 3.63) is 64.4 Å². The van der Waals surface area contributed by atoms with Gasteiger partial charge in [0.1, 0.15) is 5.82 Å². The molecule has 1 unspecified atom stereocenters. The molecule has 0 radical (unpaired) electrons. The minimum absolute atomic E-state index is 0.0265. The monoisotopic (exact) mass is 390 g/mol. The number of halogens is 2. The van der Waals surface area contributed by atoms with Crippen molar-refractivity contribution in [1.29, 1.82) is 0 Å². The highest BCUT2D eigenvalue weighted by molar-refractivity contribution is 6.31. The number of hydrogen-bond acceptors (Lipinski definition) is 3. The average Bonchev–Trinajstić information content (AvgIpc) is 2.65. The first-order chi connectivity index (χ1) is 13.0. The Kier molecular flexibility index (Phi) is 6.08. The molecule has 0 saturated heterocycles. The van der Waals surface area contributed by atoms with Gasteiger partial charge in [-0.1, -0.05) is 29.8 Å². The Morgan fingerprint density at radius 1 is 1.33 bits per heavy atom. The molecular formula is C20H20ClFN2O3. The summed E-state index contributed by atoms with van der Waals surface area (Å²) in [4.78, 5) is 26.9. The summed E-state index contributed by atoms with van der Waals surface area (Å²) in [5.41, 5.74) is 1.75. The first kappa shape index (κ1) is 19.3. The molecule has 1 aliphatic rings. The molecule has 1 atom stereocenters. The van der Waals surface area contributed by atoms with E-state index in [1.165, 1.54) is 18.2 Å². The van der Waals surface area contributed by atoms with Gasteiger partial charge < -0.3 is 15.0 Å². The van der Waals surface area contributed by atoms with Gasteiger partial charge in [-0.3, -0.25) is 9.59 Å². The highest BCUT2D eigenvalue weighted by Crippen LogP contribution is 2.34. The molecule has 5 nitrogen and oxygen atoms in total. The molecule has 0 saturated carbocycles. The maximum absolute atomic E-state index is 13.8. The van der Waals surface area contributed by atoms with Crippen LogP contribution in [-0.2, 0) is 20.9 Å². The molecule has 3 rings (SSSR count). The molecule has 2 aromatic carbocycles. The molecule has 1 heterocycles. The third-order valence-electron chi connectivity index (χ3n) is 4.55. The molecule has 2 aromatic rings. The van der Waals surface area contributed by atoms with E-state index in [9.17, 15) is 14.0 Å². The lowest BCUT2D eigenvalue weighted by Crippen LogP contribution is -2.40. The number of hydrogen-bond donors (Lipinski definition) is 1. The molecule has 1 aliphatic heterocycles. The Hall–Kier alpha value is -2.44. The summed E-state index contributed by atoms with van der Waals surface area (Å²) in [7, 11) is 1.55. The maximum atomic E-state index is 13.8. The summed E-state index contributed by atoms with van der Waals surface area (Å²) in [6.07, 6.45) is -0.0265. The van der Waals surface area contributed by atoms with Gasteiger partial charge in [-0.2, -0.15) is 0 Å². The van der Waals surface area contributed by atoms with Crippen molar-refractivity contribution in [2.75, 3.05) is 25.6 Å². The number of carbonyl (C=O) groups is 2. The van der Waals surface area contributed by atoms with Crippen LogP contribution in [-0.4, -0.2) is 37.0 Å². The van der Waals surface area contributed by atoms with Crippen molar-refractivity contribution < 1.29 is 18.7 Å². The van der Waals surface area contributed by atoms with E-state index in [0.717, 1.165) is 5.56 Å². The smallest absolute Gasteiger partial charge is 0.231 e. The van der Waals surface area contributed by atoms with Gasteiger partial charge in [0.2, 0.25) is 11.8 Å². The van der Waals surface area contributed by atoms with Crippen LogP contribution in [0.1, 0.15) is 23.5 Å². The van der Waals surface area contributed by atoms with Gasteiger partial charge >= 0.3 is 0 Å². The summed E-state index contributed by atoms with van der Waals surface area (Å²) in [6, 6.07) is 11.3. The summed E-state index contributed by atoms with van der Waals surface area (Å²) >= 11 is 6.23. The fraction of sp³-hybridized carbons (Fsp3) is 0.300. The number of nitrogens with zero attached hydrogens (tertiary/aromatic N) is 1. The number of fused-ring (bicyclic) bond motifs is 1. The average molecular weight is 391 g/mol. The Balaban J connectivity index is 1.91. The molecule has 1 N–H and O–H groups in total. The van der Waals surface area contributed by atoms with Crippen LogP contribution in [0.15, 0.2) is 42.5 Å². The molecular weight excluding hydrogens is 371 g/mol. The molecule has 0 fully saturated rings. The molecule has 0 bridgehead atoms. The van der Waals surface area contributed by atoms with Gasteiger partial charge in [0, 0.05) is 37.3 Å². The van der Waals surface area contributed by atoms with Crippen LogP contribution in [0.4, 0.5) is 10.1 Å². The lowest BCUT2D eigenvalue weighted by molar-refractivity contribution is -0.136. The fourth-order valence-electron chi connectivity index (χ4n) is 3.17. The van der Waals surface area contributed by atoms with E-state index in [2.05, 4.69) is 5.32 Å². The fourth-order valence-corrected chi connectivity index (χ4v) is 3.37. The predicted molar refractivity (Wildman–Crippen MR) is 101 cm³/mol. The highest BCUT2D eigenvalue weighted by atomic mass is 35.5. The second-order valence-electron chi connectivity index (χ2n) is 6.38. The Morgan fingerprint density at radius 3 is 2.85 bits per heavy atom. The number of amides is 2. The van der Waals surface area contributed by atoms with Crippen LogP contribution in [0.25, 0.3) is 0 Å². The number of benzene rings is 2. The quantitative estimate of drug-likeness (QED) is 0.820. The third kappa shape index (κ3) is 4.46. The van der Waals surface area contributed by atoms with Gasteiger partial charge in [-0.05, 0) is 35.4 Å². The first-order valence-corrected chi connectivity index (χ1v) is 8.98. The second kappa shape index (κ2) is 8.50. The molecule has 7 heteroatoms. The number of nitrogens with one attached hydrogen (secondary N) is 1. The van der Waals surface area contributed by atoms with Crippen LogP contribution in [0.3, 0.4) is 0 Å². The SMILES string of the molecule is COCCN(Cc1ccccc1Cl)C(=O)C1CC(=O)Nc2ccc(F)cc21. The van der Waals surface area contributed by atoms with E-state index >= 15 is 0 Å². The van der Waals surface area contributed by atoms with Crippen LogP contribution in [0.2, 0.25) is 5.02 Å². The molecule has 27 heavy (non-hydrogen) atoms. The van der Waals surface area contributed by atoms with Gasteiger partial charge in [0.05, 0.1) is 12.5 Å². The van der Waals surface area contributed by atoms with E-state index < -0.39 is 11.7 Å². The Bertz CT molecular complexity index is 859. The zero-order valence-electron chi connectivity index (χ0n) is 14.9. The first-order valence-electron chi connectivity index (χ1n) is 8.60. The Morgan fingerprint density at radius 2 is 2.11 bits per heavy atom. The van der Waals surface area contributed by atoms with E-state index in [1.807, 2.05) is 18.2 Å². The Labute approximate surface area is 162 Å². The van der Waals surface area contributed by atoms with Crippen molar-refractivity contribution in [3.8, 4) is 0 Å². The van der Waals surface area contributed by atoms with Crippen molar-refractivity contribution in [2.45, 2.75) is 18.9 Å². The van der Waals surface area contributed by atoms with Gasteiger partial charge in [-0.25, -0.2) is 4.39 Å². The minimum Gasteiger partial charge on any atom is -0.383 e. The number of rotatable bonds is 6.